The maximum Gasteiger partial charge on any atom is 0.354 e. The number of benzene rings is 2. The molecule has 2 aromatic rings. The Morgan fingerprint density at radius 1 is 1.14 bits per heavy atom. The number of aryl methyl sites for hydroxylation is 1. The zero-order valence-electron chi connectivity index (χ0n) is 11.3. The lowest BCUT2D eigenvalue weighted by molar-refractivity contribution is 0.257. The molecule has 1 heterocycles. The first-order valence-corrected chi connectivity index (χ1v) is 6.78. The fraction of sp³-hybridized carbons (Fsp3) is 0.0625. The van der Waals surface area contributed by atoms with Gasteiger partial charge in [-0.3, -0.25) is 5.41 Å². The van der Waals surface area contributed by atoms with E-state index >= 15 is 0 Å². The first kappa shape index (κ1) is 13.5. The number of carbonyl (C=O) groups is 1. The van der Waals surface area contributed by atoms with Crippen LogP contribution in [0.5, 0.6) is 0 Å². The molecular formula is C16H12ClN3O. The summed E-state index contributed by atoms with van der Waals surface area (Å²) < 4.78 is 0. The number of hydrogen-bond acceptors (Lipinski definition) is 2. The Labute approximate surface area is 127 Å². The molecule has 3 rings (SSSR count). The second kappa shape index (κ2) is 5.14. The summed E-state index contributed by atoms with van der Waals surface area (Å²) >= 11 is 5.85. The second-order valence-electron chi connectivity index (χ2n) is 4.77. The Kier molecular flexibility index (Phi) is 3.31. The van der Waals surface area contributed by atoms with Gasteiger partial charge in [-0.25, -0.2) is 9.69 Å². The van der Waals surface area contributed by atoms with Crippen molar-refractivity contribution in [2.45, 2.75) is 6.92 Å². The molecule has 0 aromatic heterocycles. The summed E-state index contributed by atoms with van der Waals surface area (Å²) in [5.41, 5.74) is 2.73. The molecule has 4 nitrogen and oxygen atoms in total. The Hall–Kier alpha value is -2.46. The fourth-order valence-electron chi connectivity index (χ4n) is 2.22. The number of halogens is 1. The molecule has 0 spiro atoms. The van der Waals surface area contributed by atoms with Crippen LogP contribution in [0.3, 0.4) is 0 Å². The van der Waals surface area contributed by atoms with Crippen LogP contribution < -0.4 is 4.90 Å². The van der Waals surface area contributed by atoms with Gasteiger partial charge in [0.15, 0.2) is 5.84 Å². The van der Waals surface area contributed by atoms with E-state index in [4.69, 9.17) is 17.0 Å². The van der Waals surface area contributed by atoms with Gasteiger partial charge in [-0.15, -0.1) is 0 Å². The highest BCUT2D eigenvalue weighted by molar-refractivity contribution is 6.59. The lowest BCUT2D eigenvalue weighted by Crippen LogP contribution is -2.32. The van der Waals surface area contributed by atoms with E-state index in [1.807, 2.05) is 25.1 Å². The highest BCUT2D eigenvalue weighted by Crippen LogP contribution is 2.23. The number of anilines is 1. The molecule has 0 bridgehead atoms. The Balaban J connectivity index is 1.97. The minimum absolute atomic E-state index is 0.0768. The van der Waals surface area contributed by atoms with E-state index in [1.54, 1.807) is 30.3 Å². The molecule has 1 N–H and O–H groups in total. The fourth-order valence-corrected chi connectivity index (χ4v) is 2.34. The zero-order chi connectivity index (χ0) is 15.0. The summed E-state index contributed by atoms with van der Waals surface area (Å²) in [5, 5.41) is 8.84. The van der Waals surface area contributed by atoms with Crippen LogP contribution in [-0.4, -0.2) is 17.6 Å². The van der Waals surface area contributed by atoms with Crippen LogP contribution in [0, 0.1) is 12.3 Å². The number of amidine groups is 1. The molecule has 0 saturated heterocycles. The summed E-state index contributed by atoms with van der Waals surface area (Å²) in [6.07, 6.45) is 0. The van der Waals surface area contributed by atoms with Gasteiger partial charge in [0, 0.05) is 10.6 Å². The summed E-state index contributed by atoms with van der Waals surface area (Å²) in [5.74, 6) is 0.0768. The topological polar surface area (TPSA) is 56.5 Å². The van der Waals surface area contributed by atoms with E-state index in [-0.39, 0.29) is 5.84 Å². The molecular weight excluding hydrogens is 286 g/mol. The molecule has 104 valence electrons. The number of aliphatic imine (C=N–C) groups is 1. The average molecular weight is 298 g/mol. The lowest BCUT2D eigenvalue weighted by Gasteiger charge is -2.15. The quantitative estimate of drug-likeness (QED) is 0.893. The molecule has 21 heavy (non-hydrogen) atoms. The maximum atomic E-state index is 12.1. The van der Waals surface area contributed by atoms with E-state index in [2.05, 4.69) is 4.99 Å². The predicted octanol–water partition coefficient (Wildman–Crippen LogP) is 4.05. The van der Waals surface area contributed by atoms with Gasteiger partial charge in [-0.2, -0.15) is 4.99 Å². The normalized spacial score (nSPS) is 14.6. The van der Waals surface area contributed by atoms with Crippen LogP contribution in [-0.2, 0) is 0 Å². The zero-order valence-corrected chi connectivity index (χ0v) is 12.1. The molecule has 0 atom stereocenters. The SMILES string of the molecule is Cc1cccc(N2C(=N)C(c3ccc(Cl)cc3)=NC2=O)c1. The van der Waals surface area contributed by atoms with Crippen molar-refractivity contribution in [1.82, 2.24) is 0 Å². The van der Waals surface area contributed by atoms with Gasteiger partial charge in [0.1, 0.15) is 5.71 Å². The highest BCUT2D eigenvalue weighted by Gasteiger charge is 2.31. The van der Waals surface area contributed by atoms with Crippen LogP contribution in [0.1, 0.15) is 11.1 Å². The van der Waals surface area contributed by atoms with E-state index in [9.17, 15) is 4.79 Å². The highest BCUT2D eigenvalue weighted by atomic mass is 35.5. The predicted molar refractivity (Wildman–Crippen MR) is 84.8 cm³/mol. The third kappa shape index (κ3) is 2.45. The van der Waals surface area contributed by atoms with Crippen molar-refractivity contribution in [3.05, 3.63) is 64.7 Å². The van der Waals surface area contributed by atoms with Gasteiger partial charge in [0.25, 0.3) is 0 Å². The van der Waals surface area contributed by atoms with Crippen LogP contribution in [0.2, 0.25) is 5.02 Å². The van der Waals surface area contributed by atoms with Crippen molar-refractivity contribution >= 4 is 34.9 Å². The van der Waals surface area contributed by atoms with E-state index in [0.29, 0.717) is 22.0 Å². The number of amides is 2. The van der Waals surface area contributed by atoms with Gasteiger partial charge in [-0.1, -0.05) is 35.9 Å². The van der Waals surface area contributed by atoms with Gasteiger partial charge >= 0.3 is 6.03 Å². The third-order valence-electron chi connectivity index (χ3n) is 3.22. The van der Waals surface area contributed by atoms with E-state index in [0.717, 1.165) is 5.56 Å². The van der Waals surface area contributed by atoms with E-state index < -0.39 is 6.03 Å². The van der Waals surface area contributed by atoms with Crippen LogP contribution in [0.15, 0.2) is 53.5 Å². The second-order valence-corrected chi connectivity index (χ2v) is 5.21. The van der Waals surface area contributed by atoms with Crippen molar-refractivity contribution < 1.29 is 4.79 Å². The van der Waals surface area contributed by atoms with Gasteiger partial charge in [0.2, 0.25) is 0 Å². The number of nitrogens with one attached hydrogen (secondary N) is 1. The minimum atomic E-state index is -0.449. The first-order valence-electron chi connectivity index (χ1n) is 6.40. The molecule has 2 aromatic carbocycles. The van der Waals surface area contributed by atoms with Gasteiger partial charge in [0.05, 0.1) is 5.69 Å². The van der Waals surface area contributed by atoms with Crippen molar-refractivity contribution in [3.63, 3.8) is 0 Å². The van der Waals surface area contributed by atoms with Gasteiger partial charge in [-0.05, 0) is 36.8 Å². The number of hydrogen-bond donors (Lipinski definition) is 1. The van der Waals surface area contributed by atoms with Crippen molar-refractivity contribution in [2.24, 2.45) is 4.99 Å². The monoisotopic (exact) mass is 297 g/mol. The Bertz CT molecular complexity index is 765. The molecule has 0 saturated carbocycles. The maximum absolute atomic E-state index is 12.1. The summed E-state index contributed by atoms with van der Waals surface area (Å²) in [4.78, 5) is 17.4. The van der Waals surface area contributed by atoms with Crippen LogP contribution >= 0.6 is 11.6 Å². The number of rotatable bonds is 2. The van der Waals surface area contributed by atoms with E-state index in [1.165, 1.54) is 4.90 Å². The molecule has 1 aliphatic heterocycles. The Morgan fingerprint density at radius 2 is 1.86 bits per heavy atom. The average Bonchev–Trinajstić information content (AvgIpc) is 2.75. The Morgan fingerprint density at radius 3 is 2.52 bits per heavy atom. The summed E-state index contributed by atoms with van der Waals surface area (Å²) in [6, 6.07) is 13.9. The molecule has 0 aliphatic carbocycles. The minimum Gasteiger partial charge on any atom is -0.282 e. The largest absolute Gasteiger partial charge is 0.354 e. The smallest absolute Gasteiger partial charge is 0.282 e. The van der Waals surface area contributed by atoms with Crippen molar-refractivity contribution in [3.8, 4) is 0 Å². The van der Waals surface area contributed by atoms with Crippen LogP contribution in [0.4, 0.5) is 10.5 Å². The first-order chi connectivity index (χ1) is 10.1. The molecule has 0 unspecified atom stereocenters. The summed E-state index contributed by atoms with van der Waals surface area (Å²) in [6.45, 7) is 1.94. The molecule has 2 amide bonds. The number of carbonyl (C=O) groups excluding carboxylic acids is 1. The number of urea groups is 1. The van der Waals surface area contributed by atoms with Crippen LogP contribution in [0.25, 0.3) is 0 Å². The lowest BCUT2D eigenvalue weighted by atomic mass is 10.1. The molecule has 0 radical (unpaired) electrons. The van der Waals surface area contributed by atoms with Crippen molar-refractivity contribution in [2.75, 3.05) is 4.90 Å². The standard InChI is InChI=1S/C16H12ClN3O/c1-10-3-2-4-13(9-10)20-15(18)14(19-16(20)21)11-5-7-12(17)8-6-11/h2-9,18H,1H3. The summed E-state index contributed by atoms with van der Waals surface area (Å²) in [7, 11) is 0. The number of nitrogens with zero attached hydrogens (tertiary/aromatic N) is 2. The molecule has 0 fully saturated rings. The third-order valence-corrected chi connectivity index (χ3v) is 3.48. The van der Waals surface area contributed by atoms with Gasteiger partial charge < -0.3 is 0 Å². The molecule has 1 aliphatic rings. The van der Waals surface area contributed by atoms with Crippen molar-refractivity contribution in [1.29, 1.82) is 5.41 Å². The molecule has 5 heteroatoms.